The minimum atomic E-state index is 0.823. The van der Waals surface area contributed by atoms with Crippen LogP contribution < -0.4 is 0 Å². The Bertz CT molecular complexity index is 587. The molecular formula is C14H9IO. The van der Waals surface area contributed by atoms with E-state index in [-0.39, 0.29) is 0 Å². The van der Waals surface area contributed by atoms with Crippen molar-refractivity contribution in [2.24, 2.45) is 0 Å². The van der Waals surface area contributed by atoms with Gasteiger partial charge in [-0.25, -0.2) is 0 Å². The van der Waals surface area contributed by atoms with Crippen molar-refractivity contribution in [2.75, 3.05) is 0 Å². The molecule has 0 bridgehead atoms. The first-order valence-corrected chi connectivity index (χ1v) is 6.23. The molecule has 2 heteroatoms. The summed E-state index contributed by atoms with van der Waals surface area (Å²) < 4.78 is 1.25. The van der Waals surface area contributed by atoms with E-state index in [1.165, 1.54) is 25.8 Å². The fraction of sp³-hybridized carbons (Fsp3) is 0.0714. The molecule has 0 spiro atoms. The molecule has 2 aromatic carbocycles. The maximum atomic E-state index is 11.0. The molecule has 0 saturated heterocycles. The third-order valence-electron chi connectivity index (χ3n) is 3.06. The van der Waals surface area contributed by atoms with Gasteiger partial charge in [0.15, 0.2) is 0 Å². The summed E-state index contributed by atoms with van der Waals surface area (Å²) in [4.78, 5) is 11.0. The van der Waals surface area contributed by atoms with Gasteiger partial charge in [0.2, 0.25) is 0 Å². The molecule has 0 unspecified atom stereocenters. The Morgan fingerprint density at radius 2 is 2.00 bits per heavy atom. The van der Waals surface area contributed by atoms with Crippen LogP contribution in [-0.2, 0) is 6.42 Å². The quantitative estimate of drug-likeness (QED) is 0.494. The van der Waals surface area contributed by atoms with Gasteiger partial charge in [0.05, 0.1) is 0 Å². The first kappa shape index (κ1) is 10.0. The Morgan fingerprint density at radius 1 is 1.12 bits per heavy atom. The van der Waals surface area contributed by atoms with Gasteiger partial charge in [-0.2, -0.15) is 0 Å². The Labute approximate surface area is 108 Å². The standard InChI is InChI=1S/C14H9IO/c15-11-4-5-12-10(6-11)7-14-9(8-16)2-1-3-13(12)14/h1-6,8H,7H2. The van der Waals surface area contributed by atoms with Crippen LogP contribution in [0.15, 0.2) is 36.4 Å². The van der Waals surface area contributed by atoms with Crippen LogP contribution in [0.25, 0.3) is 11.1 Å². The van der Waals surface area contributed by atoms with E-state index < -0.39 is 0 Å². The van der Waals surface area contributed by atoms with E-state index in [9.17, 15) is 4.79 Å². The molecule has 2 aromatic rings. The largest absolute Gasteiger partial charge is 0.298 e. The molecular weight excluding hydrogens is 311 g/mol. The SMILES string of the molecule is O=Cc1cccc2c1Cc1cc(I)ccc1-2. The number of halogens is 1. The number of aldehydes is 1. The van der Waals surface area contributed by atoms with Gasteiger partial charge in [-0.05, 0) is 63.4 Å². The highest BCUT2D eigenvalue weighted by atomic mass is 127. The number of rotatable bonds is 1. The molecule has 1 aliphatic carbocycles. The molecule has 0 radical (unpaired) electrons. The van der Waals surface area contributed by atoms with E-state index in [1.807, 2.05) is 12.1 Å². The lowest BCUT2D eigenvalue weighted by Gasteiger charge is -2.02. The third-order valence-corrected chi connectivity index (χ3v) is 3.73. The second-order valence-corrected chi connectivity index (χ2v) is 5.22. The average molecular weight is 320 g/mol. The summed E-state index contributed by atoms with van der Waals surface area (Å²) in [6.07, 6.45) is 1.84. The molecule has 0 amide bonds. The molecule has 3 rings (SSSR count). The molecule has 1 nitrogen and oxygen atoms in total. The normalized spacial score (nSPS) is 12.1. The van der Waals surface area contributed by atoms with Gasteiger partial charge in [-0.1, -0.05) is 24.3 Å². The zero-order valence-electron chi connectivity index (χ0n) is 8.53. The molecule has 0 aliphatic heterocycles. The van der Waals surface area contributed by atoms with Gasteiger partial charge in [0, 0.05) is 9.13 Å². The van der Waals surface area contributed by atoms with E-state index in [0.29, 0.717) is 0 Å². The van der Waals surface area contributed by atoms with Crippen LogP contribution in [0, 0.1) is 3.57 Å². The summed E-state index contributed by atoms with van der Waals surface area (Å²) in [6, 6.07) is 12.4. The van der Waals surface area contributed by atoms with Crippen molar-refractivity contribution in [3.63, 3.8) is 0 Å². The van der Waals surface area contributed by atoms with Gasteiger partial charge in [0.1, 0.15) is 6.29 Å². The van der Waals surface area contributed by atoms with E-state index in [2.05, 4.69) is 46.9 Å². The van der Waals surface area contributed by atoms with E-state index >= 15 is 0 Å². The van der Waals surface area contributed by atoms with E-state index in [0.717, 1.165) is 18.3 Å². The monoisotopic (exact) mass is 320 g/mol. The van der Waals surface area contributed by atoms with E-state index in [4.69, 9.17) is 0 Å². The number of hydrogen-bond donors (Lipinski definition) is 0. The fourth-order valence-corrected chi connectivity index (χ4v) is 2.88. The summed E-state index contributed by atoms with van der Waals surface area (Å²) in [5.74, 6) is 0. The molecule has 0 N–H and O–H groups in total. The topological polar surface area (TPSA) is 17.1 Å². The summed E-state index contributed by atoms with van der Waals surface area (Å²) in [7, 11) is 0. The summed E-state index contributed by atoms with van der Waals surface area (Å²) >= 11 is 2.32. The highest BCUT2D eigenvalue weighted by molar-refractivity contribution is 14.1. The van der Waals surface area contributed by atoms with Crippen molar-refractivity contribution < 1.29 is 4.79 Å². The fourth-order valence-electron chi connectivity index (χ4n) is 2.33. The van der Waals surface area contributed by atoms with Crippen LogP contribution in [0.1, 0.15) is 21.5 Å². The zero-order valence-corrected chi connectivity index (χ0v) is 10.7. The summed E-state index contributed by atoms with van der Waals surface area (Å²) in [5.41, 5.74) is 5.82. The Morgan fingerprint density at radius 3 is 2.81 bits per heavy atom. The second-order valence-electron chi connectivity index (χ2n) is 3.97. The van der Waals surface area contributed by atoms with Crippen LogP contribution in [0.4, 0.5) is 0 Å². The maximum Gasteiger partial charge on any atom is 0.150 e. The summed E-state index contributed by atoms with van der Waals surface area (Å²) in [6.45, 7) is 0. The smallest absolute Gasteiger partial charge is 0.150 e. The number of benzene rings is 2. The Kier molecular flexibility index (Phi) is 2.32. The van der Waals surface area contributed by atoms with Gasteiger partial charge < -0.3 is 0 Å². The number of carbonyl (C=O) groups is 1. The Hall–Kier alpha value is -1.16. The highest BCUT2D eigenvalue weighted by Gasteiger charge is 2.20. The lowest BCUT2D eigenvalue weighted by Crippen LogP contribution is -1.89. The van der Waals surface area contributed by atoms with Crippen LogP contribution in [0.3, 0.4) is 0 Å². The van der Waals surface area contributed by atoms with Crippen LogP contribution in [0.2, 0.25) is 0 Å². The highest BCUT2D eigenvalue weighted by Crippen LogP contribution is 2.38. The molecule has 16 heavy (non-hydrogen) atoms. The first-order chi connectivity index (χ1) is 7.79. The zero-order chi connectivity index (χ0) is 11.1. The average Bonchev–Trinajstić information content (AvgIpc) is 2.65. The summed E-state index contributed by atoms with van der Waals surface area (Å²) in [5, 5.41) is 0. The predicted molar refractivity (Wildman–Crippen MR) is 72.8 cm³/mol. The van der Waals surface area contributed by atoms with Crippen molar-refractivity contribution in [2.45, 2.75) is 6.42 Å². The predicted octanol–water partition coefficient (Wildman–Crippen LogP) is 3.67. The Balaban J connectivity index is 2.27. The molecule has 1 aliphatic rings. The maximum absolute atomic E-state index is 11.0. The van der Waals surface area contributed by atoms with Crippen LogP contribution in [-0.4, -0.2) is 6.29 Å². The third kappa shape index (κ3) is 1.40. The first-order valence-electron chi connectivity index (χ1n) is 5.15. The number of carbonyl (C=O) groups excluding carboxylic acids is 1. The van der Waals surface area contributed by atoms with Crippen molar-refractivity contribution in [3.8, 4) is 11.1 Å². The van der Waals surface area contributed by atoms with Crippen molar-refractivity contribution in [1.82, 2.24) is 0 Å². The van der Waals surface area contributed by atoms with E-state index in [1.54, 1.807) is 0 Å². The van der Waals surface area contributed by atoms with Gasteiger partial charge in [0.25, 0.3) is 0 Å². The van der Waals surface area contributed by atoms with Gasteiger partial charge >= 0.3 is 0 Å². The lowest BCUT2D eigenvalue weighted by molar-refractivity contribution is 0.112. The molecule has 0 aromatic heterocycles. The van der Waals surface area contributed by atoms with Crippen molar-refractivity contribution in [1.29, 1.82) is 0 Å². The lowest BCUT2D eigenvalue weighted by atomic mass is 10.0. The van der Waals surface area contributed by atoms with Crippen molar-refractivity contribution in [3.05, 3.63) is 56.7 Å². The molecule has 0 heterocycles. The minimum absolute atomic E-state index is 0.823. The van der Waals surface area contributed by atoms with Gasteiger partial charge in [-0.15, -0.1) is 0 Å². The molecule has 78 valence electrons. The number of fused-ring (bicyclic) bond motifs is 3. The van der Waals surface area contributed by atoms with Crippen LogP contribution >= 0.6 is 22.6 Å². The minimum Gasteiger partial charge on any atom is -0.298 e. The van der Waals surface area contributed by atoms with Gasteiger partial charge in [-0.3, -0.25) is 4.79 Å². The van der Waals surface area contributed by atoms with Crippen LogP contribution in [0.5, 0.6) is 0 Å². The van der Waals surface area contributed by atoms with Crippen molar-refractivity contribution >= 4 is 28.9 Å². The molecule has 0 fully saturated rings. The number of hydrogen-bond acceptors (Lipinski definition) is 1. The second kappa shape index (κ2) is 3.70. The molecule has 0 saturated carbocycles. The molecule has 0 atom stereocenters.